The lowest BCUT2D eigenvalue weighted by atomic mass is 10.2. The van der Waals surface area contributed by atoms with E-state index in [9.17, 15) is 4.79 Å². The summed E-state index contributed by atoms with van der Waals surface area (Å²) >= 11 is 1.41. The summed E-state index contributed by atoms with van der Waals surface area (Å²) < 4.78 is 2.05. The molecule has 0 aliphatic carbocycles. The van der Waals surface area contributed by atoms with Crippen molar-refractivity contribution in [3.8, 4) is 11.4 Å². The van der Waals surface area contributed by atoms with Crippen molar-refractivity contribution in [3.05, 3.63) is 60.4 Å². The van der Waals surface area contributed by atoms with Gasteiger partial charge in [-0.1, -0.05) is 42.1 Å². The Hall–Kier alpha value is -2.67. The first-order valence-corrected chi connectivity index (χ1v) is 9.39. The van der Waals surface area contributed by atoms with Crippen molar-refractivity contribution in [1.82, 2.24) is 25.1 Å². The highest BCUT2D eigenvalue weighted by Gasteiger charge is 2.20. The van der Waals surface area contributed by atoms with E-state index in [2.05, 4.69) is 32.6 Å². The van der Waals surface area contributed by atoms with Crippen LogP contribution in [0.4, 0.5) is 0 Å². The number of hydrogen-bond acceptors (Lipinski definition) is 5. The van der Waals surface area contributed by atoms with Crippen LogP contribution in [-0.2, 0) is 11.3 Å². The molecule has 1 aromatic carbocycles. The standard InChI is InChI=1S/C19H21N5OS/c1-3-21-18(25)14(2)26-19-23-22-17(16-9-11-20-12-10-16)24(19)13-15-7-5-4-6-8-15/h4-12,14H,3,13H2,1-2H3,(H,21,25)/t14-/m0/s1. The molecule has 0 unspecified atom stereocenters. The predicted molar refractivity (Wildman–Crippen MR) is 103 cm³/mol. The summed E-state index contributed by atoms with van der Waals surface area (Å²) in [5, 5.41) is 12.0. The molecule has 0 bridgehead atoms. The van der Waals surface area contributed by atoms with Crippen LogP contribution >= 0.6 is 11.8 Å². The lowest BCUT2D eigenvalue weighted by Gasteiger charge is -2.13. The molecule has 1 amide bonds. The van der Waals surface area contributed by atoms with Gasteiger partial charge in [0.15, 0.2) is 11.0 Å². The molecule has 134 valence electrons. The third kappa shape index (κ3) is 4.29. The van der Waals surface area contributed by atoms with Gasteiger partial charge in [0.2, 0.25) is 5.91 Å². The van der Waals surface area contributed by atoms with E-state index in [1.165, 1.54) is 11.8 Å². The van der Waals surface area contributed by atoms with Crippen LogP contribution in [0.5, 0.6) is 0 Å². The molecule has 0 spiro atoms. The van der Waals surface area contributed by atoms with Gasteiger partial charge in [0.1, 0.15) is 0 Å². The quantitative estimate of drug-likeness (QED) is 0.650. The fraction of sp³-hybridized carbons (Fsp3) is 0.263. The first-order valence-electron chi connectivity index (χ1n) is 8.51. The Kier molecular flexibility index (Phi) is 6.01. The number of carbonyl (C=O) groups is 1. The fourth-order valence-corrected chi connectivity index (χ4v) is 3.40. The van der Waals surface area contributed by atoms with E-state index in [4.69, 9.17) is 0 Å². The Balaban J connectivity index is 1.94. The van der Waals surface area contributed by atoms with E-state index >= 15 is 0 Å². The van der Waals surface area contributed by atoms with Gasteiger partial charge in [0, 0.05) is 24.5 Å². The van der Waals surface area contributed by atoms with E-state index in [-0.39, 0.29) is 11.2 Å². The van der Waals surface area contributed by atoms with E-state index < -0.39 is 0 Å². The van der Waals surface area contributed by atoms with Gasteiger partial charge in [-0.3, -0.25) is 14.3 Å². The monoisotopic (exact) mass is 367 g/mol. The highest BCUT2D eigenvalue weighted by atomic mass is 32.2. The normalized spacial score (nSPS) is 11.9. The second-order valence-corrected chi connectivity index (χ2v) is 7.08. The van der Waals surface area contributed by atoms with Crippen LogP contribution in [0.2, 0.25) is 0 Å². The largest absolute Gasteiger partial charge is 0.355 e. The molecule has 2 heterocycles. The summed E-state index contributed by atoms with van der Waals surface area (Å²) in [6, 6.07) is 14.0. The van der Waals surface area contributed by atoms with Gasteiger partial charge in [-0.05, 0) is 31.5 Å². The molecule has 26 heavy (non-hydrogen) atoms. The lowest BCUT2D eigenvalue weighted by molar-refractivity contribution is -0.120. The molecule has 2 aromatic heterocycles. The summed E-state index contributed by atoms with van der Waals surface area (Å²) in [6.07, 6.45) is 3.47. The predicted octanol–water partition coefficient (Wildman–Crippen LogP) is 3.01. The van der Waals surface area contributed by atoms with Crippen molar-refractivity contribution < 1.29 is 4.79 Å². The SMILES string of the molecule is CCNC(=O)[C@H](C)Sc1nnc(-c2ccncc2)n1Cc1ccccc1. The molecular formula is C19H21N5OS. The Labute approximate surface area is 157 Å². The molecule has 3 rings (SSSR count). The van der Waals surface area contributed by atoms with Crippen LogP contribution in [0, 0.1) is 0 Å². The number of pyridine rings is 1. The zero-order valence-electron chi connectivity index (χ0n) is 14.8. The van der Waals surface area contributed by atoms with Gasteiger partial charge in [0.05, 0.1) is 11.8 Å². The molecule has 0 fully saturated rings. The van der Waals surface area contributed by atoms with E-state index in [0.29, 0.717) is 13.1 Å². The molecule has 1 N–H and O–H groups in total. The first kappa shape index (κ1) is 18.1. The zero-order valence-corrected chi connectivity index (χ0v) is 15.6. The van der Waals surface area contributed by atoms with Crippen LogP contribution < -0.4 is 5.32 Å². The third-order valence-electron chi connectivity index (χ3n) is 3.84. The molecule has 6 nitrogen and oxygen atoms in total. The summed E-state index contributed by atoms with van der Waals surface area (Å²) in [5.41, 5.74) is 2.09. The number of thioether (sulfide) groups is 1. The minimum absolute atomic E-state index is 0.00257. The Morgan fingerprint density at radius 2 is 1.88 bits per heavy atom. The topological polar surface area (TPSA) is 72.7 Å². The number of nitrogens with zero attached hydrogens (tertiary/aromatic N) is 4. The molecule has 7 heteroatoms. The van der Waals surface area contributed by atoms with Crippen molar-refractivity contribution in [1.29, 1.82) is 0 Å². The summed E-state index contributed by atoms with van der Waals surface area (Å²) in [7, 11) is 0. The maximum absolute atomic E-state index is 12.1. The number of amides is 1. The van der Waals surface area contributed by atoms with Crippen LogP contribution in [0.3, 0.4) is 0 Å². The van der Waals surface area contributed by atoms with Gasteiger partial charge in [-0.15, -0.1) is 10.2 Å². The van der Waals surface area contributed by atoms with E-state index in [0.717, 1.165) is 22.1 Å². The number of carbonyl (C=O) groups excluding carboxylic acids is 1. The fourth-order valence-electron chi connectivity index (χ4n) is 2.53. The van der Waals surface area contributed by atoms with Crippen molar-refractivity contribution >= 4 is 17.7 Å². The minimum Gasteiger partial charge on any atom is -0.355 e. The molecule has 0 radical (unpaired) electrons. The van der Waals surface area contributed by atoms with Crippen LogP contribution in [0.25, 0.3) is 11.4 Å². The van der Waals surface area contributed by atoms with Gasteiger partial charge in [-0.2, -0.15) is 0 Å². The van der Waals surface area contributed by atoms with Crippen molar-refractivity contribution in [3.63, 3.8) is 0 Å². The molecule has 1 atom stereocenters. The maximum atomic E-state index is 12.1. The van der Waals surface area contributed by atoms with Crippen molar-refractivity contribution in [2.24, 2.45) is 0 Å². The van der Waals surface area contributed by atoms with Crippen LogP contribution in [0.15, 0.2) is 60.0 Å². The second kappa shape index (κ2) is 8.62. The Morgan fingerprint density at radius 1 is 1.15 bits per heavy atom. The average Bonchev–Trinajstić information content (AvgIpc) is 3.05. The van der Waals surface area contributed by atoms with Gasteiger partial charge in [0.25, 0.3) is 0 Å². The Morgan fingerprint density at radius 3 is 2.58 bits per heavy atom. The van der Waals surface area contributed by atoms with Crippen molar-refractivity contribution in [2.45, 2.75) is 30.8 Å². The van der Waals surface area contributed by atoms with Gasteiger partial charge in [-0.25, -0.2) is 0 Å². The summed E-state index contributed by atoms with van der Waals surface area (Å²) in [5.74, 6) is 0.763. The minimum atomic E-state index is -0.251. The van der Waals surface area contributed by atoms with Crippen molar-refractivity contribution in [2.75, 3.05) is 6.54 Å². The van der Waals surface area contributed by atoms with E-state index in [1.807, 2.05) is 48.7 Å². The lowest BCUT2D eigenvalue weighted by Crippen LogP contribution is -2.30. The van der Waals surface area contributed by atoms with Gasteiger partial charge >= 0.3 is 0 Å². The Bertz CT molecular complexity index is 851. The van der Waals surface area contributed by atoms with Crippen LogP contribution in [-0.4, -0.2) is 37.5 Å². The van der Waals surface area contributed by atoms with E-state index in [1.54, 1.807) is 12.4 Å². The summed E-state index contributed by atoms with van der Waals surface area (Å²) in [4.78, 5) is 16.2. The molecule has 3 aromatic rings. The molecule has 0 aliphatic rings. The zero-order chi connectivity index (χ0) is 18.4. The highest BCUT2D eigenvalue weighted by Crippen LogP contribution is 2.27. The maximum Gasteiger partial charge on any atom is 0.233 e. The number of aromatic nitrogens is 4. The average molecular weight is 367 g/mol. The molecule has 0 saturated carbocycles. The second-order valence-electron chi connectivity index (χ2n) is 5.77. The van der Waals surface area contributed by atoms with Crippen LogP contribution in [0.1, 0.15) is 19.4 Å². The summed E-state index contributed by atoms with van der Waals surface area (Å²) in [6.45, 7) is 5.04. The molecule has 0 saturated heterocycles. The number of hydrogen-bond donors (Lipinski definition) is 1. The number of rotatable bonds is 7. The molecule has 0 aliphatic heterocycles. The third-order valence-corrected chi connectivity index (χ3v) is 4.92. The van der Waals surface area contributed by atoms with Gasteiger partial charge < -0.3 is 5.32 Å². The molecular weight excluding hydrogens is 346 g/mol. The number of nitrogens with one attached hydrogen (secondary N) is 1. The smallest absolute Gasteiger partial charge is 0.233 e. The first-order chi connectivity index (χ1) is 12.7. The number of benzene rings is 1. The highest BCUT2D eigenvalue weighted by molar-refractivity contribution is 8.00.